The average Bonchev–Trinajstić information content (AvgIpc) is 2.56. The molecule has 2 rings (SSSR count). The minimum absolute atomic E-state index is 0.0217. The van der Waals surface area contributed by atoms with Gasteiger partial charge in [0.1, 0.15) is 17.4 Å². The largest absolute Gasteiger partial charge is 0.494 e. The fraction of sp³-hybridized carbons (Fsp3) is 0.294. The zero-order valence-electron chi connectivity index (χ0n) is 13.8. The molecule has 0 unspecified atom stereocenters. The highest BCUT2D eigenvalue weighted by atomic mass is 16.5. The predicted octanol–water partition coefficient (Wildman–Crippen LogP) is 3.57. The molecule has 24 heavy (non-hydrogen) atoms. The minimum atomic E-state index is -0.490. The highest BCUT2D eigenvalue weighted by molar-refractivity contribution is 5.56. The molecule has 0 aliphatic heterocycles. The molecule has 124 valence electrons. The molecule has 7 nitrogen and oxygen atoms in total. The Bertz CT molecular complexity index is 879. The number of ether oxygens (including phenoxy) is 1. The number of hydrogen-bond donors (Lipinski definition) is 1. The molecule has 0 radical (unpaired) electrons. The summed E-state index contributed by atoms with van der Waals surface area (Å²) in [4.78, 5) is 12.4. The van der Waals surface area contributed by atoms with E-state index in [0.717, 1.165) is 4.57 Å². The van der Waals surface area contributed by atoms with Crippen LogP contribution in [-0.4, -0.2) is 16.3 Å². The number of aromatic nitrogens is 1. The summed E-state index contributed by atoms with van der Waals surface area (Å²) in [7, 11) is 0. The van der Waals surface area contributed by atoms with Crippen molar-refractivity contribution in [1.29, 1.82) is 5.26 Å². The number of azo groups is 1. The lowest BCUT2D eigenvalue weighted by atomic mass is 10.1. The van der Waals surface area contributed by atoms with Gasteiger partial charge >= 0.3 is 0 Å². The molecule has 1 N–H and O–H groups in total. The molecule has 2 aromatic rings. The van der Waals surface area contributed by atoms with E-state index in [2.05, 4.69) is 10.2 Å². The number of nitriles is 1. The second-order valence-electron chi connectivity index (χ2n) is 4.96. The van der Waals surface area contributed by atoms with Gasteiger partial charge in [0.2, 0.25) is 5.88 Å². The highest BCUT2D eigenvalue weighted by Crippen LogP contribution is 2.27. The Hall–Kier alpha value is -3.14. The molecule has 0 saturated heterocycles. The van der Waals surface area contributed by atoms with Gasteiger partial charge in [-0.05, 0) is 32.9 Å². The number of nitrogens with zero attached hydrogens (tertiary/aromatic N) is 4. The fourth-order valence-corrected chi connectivity index (χ4v) is 2.26. The van der Waals surface area contributed by atoms with Crippen LogP contribution >= 0.6 is 0 Å². The summed E-state index contributed by atoms with van der Waals surface area (Å²) in [6, 6.07) is 8.90. The summed E-state index contributed by atoms with van der Waals surface area (Å²) in [6.07, 6.45) is 0. The van der Waals surface area contributed by atoms with E-state index in [-0.39, 0.29) is 23.7 Å². The van der Waals surface area contributed by atoms with Gasteiger partial charge in [-0.2, -0.15) is 10.4 Å². The van der Waals surface area contributed by atoms with Gasteiger partial charge in [0, 0.05) is 18.2 Å². The molecule has 0 aliphatic rings. The van der Waals surface area contributed by atoms with Crippen LogP contribution < -0.4 is 10.3 Å². The molecule has 0 atom stereocenters. The van der Waals surface area contributed by atoms with Crippen LogP contribution in [0.1, 0.15) is 25.0 Å². The van der Waals surface area contributed by atoms with Crippen molar-refractivity contribution in [2.45, 2.75) is 27.3 Å². The lowest BCUT2D eigenvalue weighted by Gasteiger charge is -2.10. The number of benzene rings is 1. The predicted molar refractivity (Wildman–Crippen MR) is 89.3 cm³/mol. The first kappa shape index (κ1) is 17.2. The third kappa shape index (κ3) is 3.27. The zero-order valence-corrected chi connectivity index (χ0v) is 13.8. The normalized spacial score (nSPS) is 10.8. The number of pyridine rings is 1. The first-order valence-corrected chi connectivity index (χ1v) is 7.54. The molecule has 0 spiro atoms. The maximum Gasteiger partial charge on any atom is 0.281 e. The standard InChI is InChI=1S/C17H18N4O3/c1-4-21-16(22)14(10-18)11(3)15(17(21)23)20-19-12-7-6-8-13(9-12)24-5-2/h6-9,22H,4-5H2,1-3H3. The van der Waals surface area contributed by atoms with E-state index in [9.17, 15) is 15.2 Å². The zero-order chi connectivity index (χ0) is 17.7. The monoisotopic (exact) mass is 326 g/mol. The van der Waals surface area contributed by atoms with Crippen LogP contribution in [0.3, 0.4) is 0 Å². The summed E-state index contributed by atoms with van der Waals surface area (Å²) >= 11 is 0. The van der Waals surface area contributed by atoms with E-state index in [0.29, 0.717) is 23.6 Å². The van der Waals surface area contributed by atoms with Crippen molar-refractivity contribution < 1.29 is 9.84 Å². The van der Waals surface area contributed by atoms with Gasteiger partial charge in [-0.1, -0.05) is 6.07 Å². The topological polar surface area (TPSA) is 100.0 Å². The van der Waals surface area contributed by atoms with Crippen molar-refractivity contribution in [3.63, 3.8) is 0 Å². The van der Waals surface area contributed by atoms with Gasteiger partial charge in [-0.3, -0.25) is 9.36 Å². The maximum absolute atomic E-state index is 12.4. The second kappa shape index (κ2) is 7.42. The van der Waals surface area contributed by atoms with Crippen LogP contribution in [0.25, 0.3) is 0 Å². The van der Waals surface area contributed by atoms with Crippen molar-refractivity contribution >= 4 is 11.4 Å². The third-order valence-corrected chi connectivity index (χ3v) is 3.48. The van der Waals surface area contributed by atoms with Gasteiger partial charge in [-0.15, -0.1) is 5.11 Å². The summed E-state index contributed by atoms with van der Waals surface area (Å²) in [5.41, 5.74) is 0.390. The molecule has 1 aromatic heterocycles. The molecule has 7 heteroatoms. The number of aromatic hydroxyl groups is 1. The van der Waals surface area contributed by atoms with E-state index in [1.165, 1.54) is 0 Å². The molecule has 1 aromatic carbocycles. The summed E-state index contributed by atoms with van der Waals surface area (Å²) < 4.78 is 6.48. The van der Waals surface area contributed by atoms with E-state index >= 15 is 0 Å². The third-order valence-electron chi connectivity index (χ3n) is 3.48. The van der Waals surface area contributed by atoms with Crippen LogP contribution in [0.4, 0.5) is 11.4 Å². The summed E-state index contributed by atoms with van der Waals surface area (Å²) in [5.74, 6) is 0.305. The molecular formula is C17H18N4O3. The average molecular weight is 326 g/mol. The molecular weight excluding hydrogens is 308 g/mol. The molecule has 0 saturated carbocycles. The van der Waals surface area contributed by atoms with E-state index in [4.69, 9.17) is 4.74 Å². The Morgan fingerprint density at radius 2 is 2.08 bits per heavy atom. The minimum Gasteiger partial charge on any atom is -0.494 e. The Morgan fingerprint density at radius 1 is 1.33 bits per heavy atom. The molecule has 0 aliphatic carbocycles. The van der Waals surface area contributed by atoms with Gasteiger partial charge < -0.3 is 9.84 Å². The lowest BCUT2D eigenvalue weighted by Crippen LogP contribution is -2.20. The lowest BCUT2D eigenvalue weighted by molar-refractivity contribution is 0.340. The SMILES string of the molecule is CCOc1cccc(N=Nc2c(C)c(C#N)c(O)n(CC)c2=O)c1. The first-order chi connectivity index (χ1) is 11.5. The molecule has 0 bridgehead atoms. The molecule has 0 fully saturated rings. The van der Waals surface area contributed by atoms with Gasteiger partial charge in [0.05, 0.1) is 12.3 Å². The highest BCUT2D eigenvalue weighted by Gasteiger charge is 2.18. The quantitative estimate of drug-likeness (QED) is 0.849. The van der Waals surface area contributed by atoms with Gasteiger partial charge in [0.15, 0.2) is 5.69 Å². The fourth-order valence-electron chi connectivity index (χ4n) is 2.26. The van der Waals surface area contributed by atoms with E-state index < -0.39 is 5.56 Å². The Labute approximate surface area is 139 Å². The Kier molecular flexibility index (Phi) is 5.32. The van der Waals surface area contributed by atoms with Gasteiger partial charge in [-0.25, -0.2) is 0 Å². The van der Waals surface area contributed by atoms with Crippen molar-refractivity contribution in [3.05, 3.63) is 45.7 Å². The van der Waals surface area contributed by atoms with Gasteiger partial charge in [0.25, 0.3) is 5.56 Å². The van der Waals surface area contributed by atoms with Crippen molar-refractivity contribution in [1.82, 2.24) is 4.57 Å². The summed E-state index contributed by atoms with van der Waals surface area (Å²) in [5, 5.41) is 27.3. The van der Waals surface area contributed by atoms with Crippen molar-refractivity contribution in [2.75, 3.05) is 6.61 Å². The van der Waals surface area contributed by atoms with E-state index in [1.807, 2.05) is 13.0 Å². The Balaban J connectivity index is 2.52. The van der Waals surface area contributed by atoms with Crippen LogP contribution in [0, 0.1) is 18.3 Å². The van der Waals surface area contributed by atoms with Crippen LogP contribution in [0.2, 0.25) is 0 Å². The maximum atomic E-state index is 12.4. The van der Waals surface area contributed by atoms with Crippen LogP contribution in [0.5, 0.6) is 11.6 Å². The number of hydrogen-bond acceptors (Lipinski definition) is 6. The van der Waals surface area contributed by atoms with Crippen LogP contribution in [0.15, 0.2) is 39.3 Å². The number of rotatable bonds is 5. The van der Waals surface area contributed by atoms with Crippen molar-refractivity contribution in [2.24, 2.45) is 10.2 Å². The second-order valence-corrected chi connectivity index (χ2v) is 4.96. The molecule has 0 amide bonds. The van der Waals surface area contributed by atoms with Crippen LogP contribution in [-0.2, 0) is 6.54 Å². The smallest absolute Gasteiger partial charge is 0.281 e. The Morgan fingerprint density at radius 3 is 2.71 bits per heavy atom. The molecule has 1 heterocycles. The first-order valence-electron chi connectivity index (χ1n) is 7.54. The van der Waals surface area contributed by atoms with Crippen molar-refractivity contribution in [3.8, 4) is 17.7 Å². The van der Waals surface area contributed by atoms with E-state index in [1.54, 1.807) is 38.1 Å². The summed E-state index contributed by atoms with van der Waals surface area (Å²) in [6.45, 7) is 5.89.